The van der Waals surface area contributed by atoms with Gasteiger partial charge in [-0.2, -0.15) is 0 Å². The van der Waals surface area contributed by atoms with E-state index in [1.54, 1.807) is 0 Å². The van der Waals surface area contributed by atoms with E-state index in [0.29, 0.717) is 11.2 Å². The molecule has 1 N–H and O–H groups in total. The molecule has 106 valence electrons. The van der Waals surface area contributed by atoms with Crippen LogP contribution in [0.5, 0.6) is 0 Å². The lowest BCUT2D eigenvalue weighted by atomic mass is 10.0. The molecule has 2 heterocycles. The van der Waals surface area contributed by atoms with Crippen LogP contribution in [0, 0.1) is 0 Å². The molecule has 1 aromatic rings. The molecule has 0 unspecified atom stereocenters. The van der Waals surface area contributed by atoms with E-state index in [4.69, 9.17) is 11.6 Å². The number of rotatable bonds is 5. The van der Waals surface area contributed by atoms with Gasteiger partial charge in [-0.25, -0.2) is 9.97 Å². The quantitative estimate of drug-likeness (QED) is 0.843. The number of nitrogens with zero attached hydrogens (tertiary/aromatic N) is 3. The van der Waals surface area contributed by atoms with E-state index < -0.39 is 0 Å². The maximum atomic E-state index is 6.11. The van der Waals surface area contributed by atoms with E-state index in [2.05, 4.69) is 34.0 Å². The van der Waals surface area contributed by atoms with E-state index in [-0.39, 0.29) is 0 Å². The van der Waals surface area contributed by atoms with Gasteiger partial charge in [0.1, 0.15) is 17.3 Å². The maximum Gasteiger partial charge on any atom is 0.137 e. The highest BCUT2D eigenvalue weighted by molar-refractivity contribution is 6.30. The molecule has 0 radical (unpaired) electrons. The molecule has 2 rings (SSSR count). The van der Waals surface area contributed by atoms with Gasteiger partial charge in [-0.3, -0.25) is 0 Å². The van der Waals surface area contributed by atoms with E-state index in [1.165, 1.54) is 45.2 Å². The summed E-state index contributed by atoms with van der Waals surface area (Å²) in [4.78, 5) is 10.9. The molecule has 1 fully saturated rings. The summed E-state index contributed by atoms with van der Waals surface area (Å²) in [7, 11) is 0. The van der Waals surface area contributed by atoms with Crippen LogP contribution in [0.2, 0.25) is 5.15 Å². The van der Waals surface area contributed by atoms with Crippen molar-refractivity contribution in [1.29, 1.82) is 0 Å². The Morgan fingerprint density at radius 1 is 1.32 bits per heavy atom. The van der Waals surface area contributed by atoms with Crippen LogP contribution in [-0.4, -0.2) is 40.5 Å². The third-order valence-electron chi connectivity index (χ3n) is 3.71. The molecule has 0 saturated carbocycles. The largest absolute Gasteiger partial charge is 0.367 e. The van der Waals surface area contributed by atoms with Gasteiger partial charge in [0.15, 0.2) is 0 Å². The fourth-order valence-electron chi connectivity index (χ4n) is 2.64. The van der Waals surface area contributed by atoms with Crippen LogP contribution in [0.15, 0.2) is 6.33 Å². The van der Waals surface area contributed by atoms with Gasteiger partial charge < -0.3 is 10.2 Å². The second-order valence-corrected chi connectivity index (χ2v) is 5.46. The first-order valence-corrected chi connectivity index (χ1v) is 7.60. The zero-order valence-electron chi connectivity index (χ0n) is 11.8. The van der Waals surface area contributed by atoms with E-state index in [0.717, 1.165) is 17.8 Å². The predicted octanol–water partition coefficient (Wildman–Crippen LogP) is 2.98. The fourth-order valence-corrected chi connectivity index (χ4v) is 2.91. The summed E-state index contributed by atoms with van der Waals surface area (Å²) in [6.45, 7) is 7.88. The number of nitrogens with one attached hydrogen (secondary N) is 1. The van der Waals surface area contributed by atoms with Gasteiger partial charge in [-0.1, -0.05) is 25.4 Å². The van der Waals surface area contributed by atoms with Crippen LogP contribution in [0.4, 0.5) is 5.82 Å². The van der Waals surface area contributed by atoms with Crippen LogP contribution in [0.3, 0.4) is 0 Å². The van der Waals surface area contributed by atoms with Crippen LogP contribution in [-0.2, 0) is 6.42 Å². The van der Waals surface area contributed by atoms with Crippen molar-refractivity contribution < 1.29 is 0 Å². The van der Waals surface area contributed by atoms with Gasteiger partial charge in [0.25, 0.3) is 0 Å². The SMILES string of the molecule is CCCN1CCC(Nc2ncnc(Cl)c2CC)CC1. The van der Waals surface area contributed by atoms with Crippen LogP contribution < -0.4 is 5.32 Å². The molecule has 0 amide bonds. The molecule has 19 heavy (non-hydrogen) atoms. The van der Waals surface area contributed by atoms with Crippen LogP contribution in [0.25, 0.3) is 0 Å². The second kappa shape index (κ2) is 7.06. The third-order valence-corrected chi connectivity index (χ3v) is 4.04. The molecule has 0 atom stereocenters. The lowest BCUT2D eigenvalue weighted by Gasteiger charge is -2.32. The summed E-state index contributed by atoms with van der Waals surface area (Å²) in [6.07, 6.45) is 5.97. The lowest BCUT2D eigenvalue weighted by molar-refractivity contribution is 0.219. The second-order valence-electron chi connectivity index (χ2n) is 5.11. The molecular weight excluding hydrogens is 260 g/mol. The third kappa shape index (κ3) is 3.80. The first-order chi connectivity index (χ1) is 9.24. The number of likely N-dealkylation sites (tertiary alicyclic amines) is 1. The highest BCUT2D eigenvalue weighted by Gasteiger charge is 2.20. The van der Waals surface area contributed by atoms with Crippen LogP contribution >= 0.6 is 11.6 Å². The Bertz CT molecular complexity index is 402. The normalized spacial score (nSPS) is 17.6. The molecule has 1 aromatic heterocycles. The Hall–Kier alpha value is -0.870. The smallest absolute Gasteiger partial charge is 0.137 e. The van der Waals surface area contributed by atoms with Crippen molar-refractivity contribution in [3.8, 4) is 0 Å². The average Bonchev–Trinajstić information content (AvgIpc) is 2.42. The monoisotopic (exact) mass is 282 g/mol. The molecular formula is C14H23ClN4. The Kier molecular flexibility index (Phi) is 5.40. The summed E-state index contributed by atoms with van der Waals surface area (Å²) < 4.78 is 0. The van der Waals surface area contributed by atoms with Gasteiger partial charge in [0.2, 0.25) is 0 Å². The van der Waals surface area contributed by atoms with Crippen molar-refractivity contribution in [2.45, 2.75) is 45.6 Å². The van der Waals surface area contributed by atoms with Crippen molar-refractivity contribution in [3.05, 3.63) is 17.0 Å². The molecule has 1 aliphatic heterocycles. The first kappa shape index (κ1) is 14.5. The van der Waals surface area contributed by atoms with Crippen molar-refractivity contribution in [2.75, 3.05) is 25.0 Å². The molecule has 1 saturated heterocycles. The van der Waals surface area contributed by atoms with Crippen molar-refractivity contribution in [3.63, 3.8) is 0 Å². The molecule has 5 heteroatoms. The summed E-state index contributed by atoms with van der Waals surface area (Å²) in [5, 5.41) is 4.11. The number of aromatic nitrogens is 2. The number of halogens is 1. The highest BCUT2D eigenvalue weighted by atomic mass is 35.5. The van der Waals surface area contributed by atoms with Gasteiger partial charge in [-0.15, -0.1) is 0 Å². The zero-order valence-corrected chi connectivity index (χ0v) is 12.6. The Morgan fingerprint density at radius 2 is 2.05 bits per heavy atom. The van der Waals surface area contributed by atoms with E-state index >= 15 is 0 Å². The topological polar surface area (TPSA) is 41.0 Å². The summed E-state index contributed by atoms with van der Waals surface area (Å²) in [5.74, 6) is 0.913. The molecule has 0 spiro atoms. The Morgan fingerprint density at radius 3 is 2.68 bits per heavy atom. The minimum Gasteiger partial charge on any atom is -0.367 e. The molecule has 0 aromatic carbocycles. The average molecular weight is 283 g/mol. The predicted molar refractivity (Wildman–Crippen MR) is 79.8 cm³/mol. The molecule has 0 aliphatic carbocycles. The number of anilines is 1. The van der Waals surface area contributed by atoms with Crippen LogP contribution in [0.1, 0.15) is 38.7 Å². The maximum absolute atomic E-state index is 6.11. The minimum absolute atomic E-state index is 0.504. The number of hydrogen-bond donors (Lipinski definition) is 1. The fraction of sp³-hybridized carbons (Fsp3) is 0.714. The number of piperidine rings is 1. The van der Waals surface area contributed by atoms with E-state index in [1.807, 2.05) is 0 Å². The van der Waals surface area contributed by atoms with Gasteiger partial charge in [-0.05, 0) is 32.2 Å². The summed E-state index contributed by atoms with van der Waals surface area (Å²) >= 11 is 6.11. The van der Waals surface area contributed by atoms with Gasteiger partial charge >= 0.3 is 0 Å². The molecule has 1 aliphatic rings. The first-order valence-electron chi connectivity index (χ1n) is 7.22. The van der Waals surface area contributed by atoms with Gasteiger partial charge in [0, 0.05) is 24.7 Å². The summed E-state index contributed by atoms with van der Waals surface area (Å²) in [5.41, 5.74) is 1.03. The minimum atomic E-state index is 0.504. The van der Waals surface area contributed by atoms with Gasteiger partial charge in [0.05, 0.1) is 0 Å². The Labute approximate surface area is 120 Å². The molecule has 4 nitrogen and oxygen atoms in total. The molecule has 0 bridgehead atoms. The Balaban J connectivity index is 1.94. The highest BCUT2D eigenvalue weighted by Crippen LogP contribution is 2.23. The lowest BCUT2D eigenvalue weighted by Crippen LogP contribution is -2.39. The van der Waals surface area contributed by atoms with E-state index in [9.17, 15) is 0 Å². The standard InChI is InChI=1S/C14H23ClN4/c1-3-7-19-8-5-11(6-9-19)18-14-12(4-2)13(15)16-10-17-14/h10-11H,3-9H2,1-2H3,(H,16,17,18). The summed E-state index contributed by atoms with van der Waals surface area (Å²) in [6, 6.07) is 0.504. The van der Waals surface area contributed by atoms with Crippen molar-refractivity contribution >= 4 is 17.4 Å². The van der Waals surface area contributed by atoms with Crippen molar-refractivity contribution in [2.24, 2.45) is 0 Å². The zero-order chi connectivity index (χ0) is 13.7. The number of hydrogen-bond acceptors (Lipinski definition) is 4. The van der Waals surface area contributed by atoms with Crippen molar-refractivity contribution in [1.82, 2.24) is 14.9 Å².